The predicted molar refractivity (Wildman–Crippen MR) is 69.2 cm³/mol. The van der Waals surface area contributed by atoms with Crippen molar-refractivity contribution < 1.29 is 9.50 Å². The van der Waals surface area contributed by atoms with Gasteiger partial charge < -0.3 is 10.8 Å². The summed E-state index contributed by atoms with van der Waals surface area (Å²) >= 11 is 0. The molecule has 5 nitrogen and oxygen atoms in total. The van der Waals surface area contributed by atoms with E-state index in [2.05, 4.69) is 10.1 Å². The van der Waals surface area contributed by atoms with E-state index in [1.54, 1.807) is 16.8 Å². The second-order valence-corrected chi connectivity index (χ2v) is 4.32. The molecule has 3 N–H and O–H groups in total. The highest BCUT2D eigenvalue weighted by atomic mass is 19.1. The van der Waals surface area contributed by atoms with Crippen molar-refractivity contribution >= 4 is 11.6 Å². The standard InChI is InChI=1S/C13H11FN4O/c1-7-4-9(6-18-12(7)16-13(15)17-18)8-2-3-11(19)10(14)5-8/h2-6,19H,1H3,(H2,15,17). The number of rotatable bonds is 1. The number of hydrogen-bond acceptors (Lipinski definition) is 4. The Morgan fingerprint density at radius 3 is 2.79 bits per heavy atom. The highest BCUT2D eigenvalue weighted by molar-refractivity contribution is 5.67. The Hall–Kier alpha value is -2.63. The Balaban J connectivity index is 2.21. The van der Waals surface area contributed by atoms with Crippen LogP contribution in [0.2, 0.25) is 0 Å². The number of anilines is 1. The van der Waals surface area contributed by atoms with Crippen LogP contribution < -0.4 is 5.73 Å². The molecule has 0 saturated carbocycles. The first-order valence-electron chi connectivity index (χ1n) is 5.66. The fourth-order valence-electron chi connectivity index (χ4n) is 2.01. The van der Waals surface area contributed by atoms with Crippen LogP contribution >= 0.6 is 0 Å². The molecule has 0 unspecified atom stereocenters. The number of pyridine rings is 1. The smallest absolute Gasteiger partial charge is 0.240 e. The average Bonchev–Trinajstić information content (AvgIpc) is 2.74. The Bertz CT molecular complexity index is 782. The number of nitrogens with zero attached hydrogens (tertiary/aromatic N) is 3. The molecule has 6 heteroatoms. The molecular weight excluding hydrogens is 247 g/mol. The third kappa shape index (κ3) is 1.87. The summed E-state index contributed by atoms with van der Waals surface area (Å²) in [6.07, 6.45) is 1.72. The third-order valence-corrected chi connectivity index (χ3v) is 2.91. The van der Waals surface area contributed by atoms with Gasteiger partial charge in [-0.25, -0.2) is 8.91 Å². The van der Waals surface area contributed by atoms with E-state index in [-0.39, 0.29) is 11.7 Å². The lowest BCUT2D eigenvalue weighted by Gasteiger charge is -2.05. The van der Waals surface area contributed by atoms with Gasteiger partial charge in [-0.1, -0.05) is 6.07 Å². The van der Waals surface area contributed by atoms with Crippen molar-refractivity contribution in [1.29, 1.82) is 0 Å². The normalized spacial score (nSPS) is 11.1. The Morgan fingerprint density at radius 1 is 1.26 bits per heavy atom. The van der Waals surface area contributed by atoms with Crippen molar-refractivity contribution in [3.63, 3.8) is 0 Å². The average molecular weight is 258 g/mol. The number of aromatic hydroxyl groups is 1. The van der Waals surface area contributed by atoms with Gasteiger partial charge in [0, 0.05) is 11.8 Å². The van der Waals surface area contributed by atoms with Crippen LogP contribution in [0.15, 0.2) is 30.5 Å². The molecule has 0 aliphatic heterocycles. The molecule has 0 saturated heterocycles. The molecule has 0 aliphatic carbocycles. The van der Waals surface area contributed by atoms with E-state index >= 15 is 0 Å². The second kappa shape index (κ2) is 3.94. The number of fused-ring (bicyclic) bond motifs is 1. The molecule has 0 atom stereocenters. The van der Waals surface area contributed by atoms with Gasteiger partial charge >= 0.3 is 0 Å². The van der Waals surface area contributed by atoms with E-state index in [0.29, 0.717) is 11.2 Å². The van der Waals surface area contributed by atoms with Gasteiger partial charge in [0.15, 0.2) is 17.2 Å². The van der Waals surface area contributed by atoms with Crippen molar-refractivity contribution in [3.05, 3.63) is 41.8 Å². The molecule has 2 aromatic heterocycles. The van der Waals surface area contributed by atoms with Gasteiger partial charge in [-0.3, -0.25) is 0 Å². The Labute approximate surface area is 108 Å². The number of hydrogen-bond donors (Lipinski definition) is 2. The van der Waals surface area contributed by atoms with Crippen molar-refractivity contribution in [3.8, 4) is 16.9 Å². The van der Waals surface area contributed by atoms with E-state index in [9.17, 15) is 9.50 Å². The molecule has 19 heavy (non-hydrogen) atoms. The minimum atomic E-state index is -0.659. The molecule has 96 valence electrons. The number of nitrogen functional groups attached to an aromatic ring is 1. The van der Waals surface area contributed by atoms with Crippen molar-refractivity contribution in [1.82, 2.24) is 14.6 Å². The number of phenolic OH excluding ortho intramolecular Hbond substituents is 1. The number of nitrogens with two attached hydrogens (primary N) is 1. The fourth-order valence-corrected chi connectivity index (χ4v) is 2.01. The molecule has 1 aromatic carbocycles. The van der Waals surface area contributed by atoms with Gasteiger partial charge in [-0.2, -0.15) is 4.98 Å². The number of aryl methyl sites for hydroxylation is 1. The van der Waals surface area contributed by atoms with Crippen LogP contribution in [0.3, 0.4) is 0 Å². The summed E-state index contributed by atoms with van der Waals surface area (Å²) in [4.78, 5) is 4.09. The minimum absolute atomic E-state index is 0.192. The zero-order valence-corrected chi connectivity index (χ0v) is 10.1. The van der Waals surface area contributed by atoms with E-state index in [0.717, 1.165) is 11.1 Å². The van der Waals surface area contributed by atoms with Gasteiger partial charge in [-0.15, -0.1) is 5.10 Å². The van der Waals surface area contributed by atoms with Gasteiger partial charge in [0.25, 0.3) is 0 Å². The monoisotopic (exact) mass is 258 g/mol. The molecule has 0 spiro atoms. The van der Waals surface area contributed by atoms with Crippen LogP contribution in [0.1, 0.15) is 5.56 Å². The molecular formula is C13H11FN4O. The SMILES string of the molecule is Cc1cc(-c2ccc(O)c(F)c2)cn2nc(N)nc12. The summed E-state index contributed by atoms with van der Waals surface area (Å²) in [5.41, 5.74) is 8.53. The number of benzene rings is 1. The van der Waals surface area contributed by atoms with Crippen molar-refractivity contribution in [2.45, 2.75) is 6.92 Å². The first-order valence-corrected chi connectivity index (χ1v) is 5.66. The molecule has 0 radical (unpaired) electrons. The summed E-state index contributed by atoms with van der Waals surface area (Å²) in [6.45, 7) is 1.88. The lowest BCUT2D eigenvalue weighted by Crippen LogP contribution is -1.93. The largest absolute Gasteiger partial charge is 0.505 e. The molecule has 0 fully saturated rings. The Kier molecular flexibility index (Phi) is 2.38. The first-order chi connectivity index (χ1) is 9.04. The van der Waals surface area contributed by atoms with E-state index in [1.165, 1.54) is 12.1 Å². The van der Waals surface area contributed by atoms with Gasteiger partial charge in [-0.05, 0) is 36.2 Å². The van der Waals surface area contributed by atoms with E-state index in [4.69, 9.17) is 5.73 Å². The highest BCUT2D eigenvalue weighted by Gasteiger charge is 2.09. The quantitative estimate of drug-likeness (QED) is 0.701. The van der Waals surface area contributed by atoms with Gasteiger partial charge in [0.05, 0.1) is 0 Å². The Morgan fingerprint density at radius 2 is 2.05 bits per heavy atom. The van der Waals surface area contributed by atoms with Crippen LogP contribution in [0.25, 0.3) is 16.8 Å². The number of halogens is 1. The lowest BCUT2D eigenvalue weighted by molar-refractivity contribution is 0.432. The molecule has 0 amide bonds. The predicted octanol–water partition coefficient (Wildman–Crippen LogP) is 2.13. The topological polar surface area (TPSA) is 76.4 Å². The molecule has 0 bridgehead atoms. The molecule has 2 heterocycles. The van der Waals surface area contributed by atoms with Gasteiger partial charge in [0.2, 0.25) is 5.95 Å². The molecule has 3 aromatic rings. The molecule has 3 rings (SSSR count). The van der Waals surface area contributed by atoms with Gasteiger partial charge in [0.1, 0.15) is 0 Å². The van der Waals surface area contributed by atoms with Crippen LogP contribution in [-0.2, 0) is 0 Å². The van der Waals surface area contributed by atoms with Crippen molar-refractivity contribution in [2.24, 2.45) is 0 Å². The molecule has 0 aliphatic rings. The van der Waals surface area contributed by atoms with Crippen LogP contribution in [0, 0.1) is 12.7 Å². The maximum atomic E-state index is 13.4. The number of phenols is 1. The van der Waals surface area contributed by atoms with E-state index in [1.807, 2.05) is 13.0 Å². The maximum absolute atomic E-state index is 13.4. The third-order valence-electron chi connectivity index (χ3n) is 2.91. The zero-order chi connectivity index (χ0) is 13.6. The lowest BCUT2D eigenvalue weighted by atomic mass is 10.1. The van der Waals surface area contributed by atoms with Crippen LogP contribution in [0.5, 0.6) is 5.75 Å². The summed E-state index contributed by atoms with van der Waals surface area (Å²) < 4.78 is 14.9. The fraction of sp³-hybridized carbons (Fsp3) is 0.0769. The van der Waals surface area contributed by atoms with Crippen molar-refractivity contribution in [2.75, 3.05) is 5.73 Å². The highest BCUT2D eigenvalue weighted by Crippen LogP contribution is 2.26. The summed E-state index contributed by atoms with van der Waals surface area (Å²) in [7, 11) is 0. The maximum Gasteiger partial charge on any atom is 0.240 e. The first kappa shape index (κ1) is 11.5. The van der Waals surface area contributed by atoms with Crippen LogP contribution in [-0.4, -0.2) is 19.7 Å². The second-order valence-electron chi connectivity index (χ2n) is 4.32. The summed E-state index contributed by atoms with van der Waals surface area (Å²) in [5.74, 6) is -0.836. The summed E-state index contributed by atoms with van der Waals surface area (Å²) in [6, 6.07) is 6.10. The summed E-state index contributed by atoms with van der Waals surface area (Å²) in [5, 5.41) is 13.2. The van der Waals surface area contributed by atoms with Crippen LogP contribution in [0.4, 0.5) is 10.3 Å². The zero-order valence-electron chi connectivity index (χ0n) is 10.1. The number of aromatic nitrogens is 3. The minimum Gasteiger partial charge on any atom is -0.505 e. The van der Waals surface area contributed by atoms with E-state index < -0.39 is 5.82 Å².